The van der Waals surface area contributed by atoms with E-state index in [0.29, 0.717) is 13.1 Å². The number of carbonyl (C=O) groups is 1. The smallest absolute Gasteiger partial charge is 0.407 e. The molecule has 1 aliphatic heterocycles. The van der Waals surface area contributed by atoms with Crippen LogP contribution in [0.25, 0.3) is 0 Å². The molecule has 1 N–H and O–H groups in total. The number of carbonyl (C=O) groups excluding carboxylic acids is 1. The van der Waals surface area contributed by atoms with Gasteiger partial charge in [0.1, 0.15) is 6.10 Å². The van der Waals surface area contributed by atoms with Gasteiger partial charge in [0.2, 0.25) is 0 Å². The quantitative estimate of drug-likeness (QED) is 0.718. The lowest BCUT2D eigenvalue weighted by atomic mass is 10.3. The molecule has 1 aliphatic rings. The standard InChI is InChI=1S/C9H10N2O3/c12-8-3-1-2-4-11(8)6-7-5-10-9(13)14-7/h1-4,7H,5-6H2,(H,10,13)/t7-/m1/s1. The third-order valence-electron chi connectivity index (χ3n) is 2.05. The summed E-state index contributed by atoms with van der Waals surface area (Å²) in [5.41, 5.74) is -0.0875. The van der Waals surface area contributed by atoms with Gasteiger partial charge in [-0.05, 0) is 6.07 Å². The maximum absolute atomic E-state index is 11.3. The average Bonchev–Trinajstić information content (AvgIpc) is 2.56. The van der Waals surface area contributed by atoms with Gasteiger partial charge in [0, 0.05) is 12.3 Å². The Labute approximate surface area is 80.3 Å². The van der Waals surface area contributed by atoms with Crippen molar-refractivity contribution in [1.29, 1.82) is 0 Å². The third-order valence-corrected chi connectivity index (χ3v) is 2.05. The van der Waals surface area contributed by atoms with Crippen LogP contribution < -0.4 is 10.9 Å². The fourth-order valence-corrected chi connectivity index (χ4v) is 1.36. The molecule has 1 aromatic rings. The molecule has 2 rings (SSSR count). The number of hydrogen-bond acceptors (Lipinski definition) is 3. The van der Waals surface area contributed by atoms with Gasteiger partial charge in [-0.3, -0.25) is 4.79 Å². The second-order valence-electron chi connectivity index (χ2n) is 3.10. The molecular formula is C9H10N2O3. The Hall–Kier alpha value is -1.78. The lowest BCUT2D eigenvalue weighted by Crippen LogP contribution is -2.27. The highest BCUT2D eigenvalue weighted by Crippen LogP contribution is 2.01. The summed E-state index contributed by atoms with van der Waals surface area (Å²) < 4.78 is 6.43. The van der Waals surface area contributed by atoms with Crippen molar-refractivity contribution in [2.45, 2.75) is 12.6 Å². The summed E-state index contributed by atoms with van der Waals surface area (Å²) in [6, 6.07) is 4.92. The van der Waals surface area contributed by atoms with Gasteiger partial charge in [0.15, 0.2) is 0 Å². The second-order valence-corrected chi connectivity index (χ2v) is 3.10. The Bertz CT molecular complexity index is 399. The van der Waals surface area contributed by atoms with E-state index in [1.807, 2.05) is 0 Å². The molecule has 0 bridgehead atoms. The Morgan fingerprint density at radius 3 is 3.00 bits per heavy atom. The van der Waals surface area contributed by atoms with E-state index >= 15 is 0 Å². The number of nitrogens with zero attached hydrogens (tertiary/aromatic N) is 1. The Balaban J connectivity index is 2.08. The number of aromatic nitrogens is 1. The van der Waals surface area contributed by atoms with Crippen molar-refractivity contribution < 1.29 is 9.53 Å². The van der Waals surface area contributed by atoms with Crippen molar-refractivity contribution in [3.8, 4) is 0 Å². The number of pyridine rings is 1. The summed E-state index contributed by atoms with van der Waals surface area (Å²) in [5, 5.41) is 2.53. The predicted molar refractivity (Wildman–Crippen MR) is 49.0 cm³/mol. The number of nitrogens with one attached hydrogen (secondary N) is 1. The van der Waals surface area contributed by atoms with Gasteiger partial charge in [0.25, 0.3) is 5.56 Å². The average molecular weight is 194 g/mol. The first kappa shape index (κ1) is 8.80. The maximum Gasteiger partial charge on any atom is 0.407 e. The highest BCUT2D eigenvalue weighted by Gasteiger charge is 2.22. The van der Waals surface area contributed by atoms with Crippen molar-refractivity contribution in [2.24, 2.45) is 0 Å². The largest absolute Gasteiger partial charge is 0.442 e. The van der Waals surface area contributed by atoms with Crippen LogP contribution in [0.5, 0.6) is 0 Å². The van der Waals surface area contributed by atoms with Crippen LogP contribution in [-0.4, -0.2) is 23.3 Å². The maximum atomic E-state index is 11.3. The summed E-state index contributed by atoms with van der Waals surface area (Å²) in [6.45, 7) is 0.860. The summed E-state index contributed by atoms with van der Waals surface area (Å²) >= 11 is 0. The van der Waals surface area contributed by atoms with E-state index in [0.717, 1.165) is 0 Å². The normalized spacial score (nSPS) is 20.3. The first-order chi connectivity index (χ1) is 6.75. The SMILES string of the molecule is O=C1NC[C@H](Cn2ccccc2=O)O1. The zero-order chi connectivity index (χ0) is 9.97. The molecule has 2 heterocycles. The zero-order valence-corrected chi connectivity index (χ0v) is 7.47. The van der Waals surface area contributed by atoms with Gasteiger partial charge in [-0.1, -0.05) is 6.07 Å². The lowest BCUT2D eigenvalue weighted by Gasteiger charge is -2.09. The monoisotopic (exact) mass is 194 g/mol. The van der Waals surface area contributed by atoms with Gasteiger partial charge in [-0.15, -0.1) is 0 Å². The zero-order valence-electron chi connectivity index (χ0n) is 7.47. The Kier molecular flexibility index (Phi) is 2.22. The summed E-state index contributed by atoms with van der Waals surface area (Å²) in [6.07, 6.45) is 1.01. The number of amides is 1. The van der Waals surface area contributed by atoms with Crippen LogP contribution >= 0.6 is 0 Å². The minimum Gasteiger partial charge on any atom is -0.442 e. The number of cyclic esters (lactones) is 1. The van der Waals surface area contributed by atoms with Crippen molar-refractivity contribution in [2.75, 3.05) is 6.54 Å². The van der Waals surface area contributed by atoms with Gasteiger partial charge < -0.3 is 14.6 Å². The molecule has 1 fully saturated rings. The Morgan fingerprint density at radius 1 is 1.50 bits per heavy atom. The molecule has 14 heavy (non-hydrogen) atoms. The molecule has 0 spiro atoms. The molecule has 1 aromatic heterocycles. The van der Waals surface area contributed by atoms with E-state index in [1.54, 1.807) is 18.3 Å². The number of hydrogen-bond donors (Lipinski definition) is 1. The molecule has 5 nitrogen and oxygen atoms in total. The molecule has 74 valence electrons. The van der Waals surface area contributed by atoms with Crippen LogP contribution in [0.4, 0.5) is 4.79 Å². The molecule has 0 aliphatic carbocycles. The predicted octanol–water partition coefficient (Wildman–Crippen LogP) is -0.0433. The second kappa shape index (κ2) is 3.53. The van der Waals surface area contributed by atoms with Crippen LogP contribution in [0.15, 0.2) is 29.2 Å². The van der Waals surface area contributed by atoms with E-state index in [9.17, 15) is 9.59 Å². The topological polar surface area (TPSA) is 60.3 Å². The fraction of sp³-hybridized carbons (Fsp3) is 0.333. The van der Waals surface area contributed by atoms with Crippen LogP contribution in [0.2, 0.25) is 0 Å². The molecule has 1 saturated heterocycles. The van der Waals surface area contributed by atoms with E-state index in [1.165, 1.54) is 10.6 Å². The van der Waals surface area contributed by atoms with Gasteiger partial charge in [-0.25, -0.2) is 4.79 Å². The van der Waals surface area contributed by atoms with Gasteiger partial charge in [0.05, 0.1) is 13.1 Å². The Morgan fingerprint density at radius 2 is 2.36 bits per heavy atom. The molecule has 0 aromatic carbocycles. The fourth-order valence-electron chi connectivity index (χ4n) is 1.36. The number of ether oxygens (including phenoxy) is 1. The third kappa shape index (κ3) is 1.76. The number of rotatable bonds is 2. The molecule has 0 unspecified atom stereocenters. The molecule has 1 amide bonds. The van der Waals surface area contributed by atoms with Crippen LogP contribution in [0.3, 0.4) is 0 Å². The van der Waals surface area contributed by atoms with Crippen LogP contribution in [-0.2, 0) is 11.3 Å². The molecule has 0 radical (unpaired) electrons. The van der Waals surface area contributed by atoms with E-state index in [-0.39, 0.29) is 11.7 Å². The molecular weight excluding hydrogens is 184 g/mol. The van der Waals surface area contributed by atoms with Gasteiger partial charge >= 0.3 is 6.09 Å². The molecule has 1 atom stereocenters. The first-order valence-electron chi connectivity index (χ1n) is 4.35. The first-order valence-corrected chi connectivity index (χ1v) is 4.35. The highest BCUT2D eigenvalue weighted by molar-refractivity contribution is 5.69. The van der Waals surface area contributed by atoms with E-state index in [2.05, 4.69) is 5.32 Å². The summed E-state index contributed by atoms with van der Waals surface area (Å²) in [4.78, 5) is 22.0. The molecule has 0 saturated carbocycles. The summed E-state index contributed by atoms with van der Waals surface area (Å²) in [7, 11) is 0. The lowest BCUT2D eigenvalue weighted by molar-refractivity contribution is 0.130. The van der Waals surface area contributed by atoms with Crippen LogP contribution in [0.1, 0.15) is 0 Å². The molecule has 5 heteroatoms. The minimum atomic E-state index is -0.418. The number of alkyl carbamates (subject to hydrolysis) is 1. The van der Waals surface area contributed by atoms with Crippen molar-refractivity contribution in [3.05, 3.63) is 34.7 Å². The van der Waals surface area contributed by atoms with Gasteiger partial charge in [-0.2, -0.15) is 0 Å². The van der Waals surface area contributed by atoms with E-state index < -0.39 is 6.09 Å². The van der Waals surface area contributed by atoms with Crippen molar-refractivity contribution >= 4 is 6.09 Å². The van der Waals surface area contributed by atoms with Crippen LogP contribution in [0, 0.1) is 0 Å². The van der Waals surface area contributed by atoms with Crippen molar-refractivity contribution in [3.63, 3.8) is 0 Å². The minimum absolute atomic E-state index is 0.0875. The van der Waals surface area contributed by atoms with Crippen molar-refractivity contribution in [1.82, 2.24) is 9.88 Å². The summed E-state index contributed by atoms with van der Waals surface area (Å²) in [5.74, 6) is 0. The van der Waals surface area contributed by atoms with E-state index in [4.69, 9.17) is 4.74 Å². The highest BCUT2D eigenvalue weighted by atomic mass is 16.6.